The molecule has 3 N–H and O–H groups in total. The first kappa shape index (κ1) is 14.2. The van der Waals surface area contributed by atoms with Crippen molar-refractivity contribution in [3.05, 3.63) is 28.8 Å². The molecular weight excluding hydrogens is 260 g/mol. The fourth-order valence-corrected chi connectivity index (χ4v) is 2.92. The number of nitrogen functional groups attached to an aromatic ring is 1. The van der Waals surface area contributed by atoms with Crippen molar-refractivity contribution in [3.63, 3.8) is 0 Å². The molecule has 0 aromatic heterocycles. The summed E-state index contributed by atoms with van der Waals surface area (Å²) >= 11 is 5.85. The number of nitrogens with one attached hydrogen (secondary N) is 1. The van der Waals surface area contributed by atoms with Crippen LogP contribution in [0.5, 0.6) is 0 Å². The van der Waals surface area contributed by atoms with Crippen LogP contribution in [0.3, 0.4) is 0 Å². The van der Waals surface area contributed by atoms with Crippen LogP contribution in [0.1, 0.15) is 49.9 Å². The largest absolute Gasteiger partial charge is 0.398 e. The molecule has 2 rings (SSSR count). The van der Waals surface area contributed by atoms with Crippen molar-refractivity contribution < 1.29 is 4.79 Å². The molecule has 1 aliphatic rings. The lowest BCUT2D eigenvalue weighted by molar-refractivity contribution is 0.0854. The van der Waals surface area contributed by atoms with E-state index in [2.05, 4.69) is 19.2 Å². The maximum atomic E-state index is 12.3. The zero-order valence-electron chi connectivity index (χ0n) is 11.5. The predicted octanol–water partition coefficient (Wildman–Crippen LogP) is 3.62. The van der Waals surface area contributed by atoms with Crippen LogP contribution in [0.25, 0.3) is 0 Å². The van der Waals surface area contributed by atoms with E-state index in [9.17, 15) is 4.79 Å². The summed E-state index contributed by atoms with van der Waals surface area (Å²) < 4.78 is 0. The zero-order chi connectivity index (χ0) is 14.0. The van der Waals surface area contributed by atoms with Gasteiger partial charge in [0.25, 0.3) is 5.91 Å². The third kappa shape index (κ3) is 3.21. The standard InChI is InChI=1S/C15H21ClN2O/c1-15(2)8-4-3-5-13(15)18-14(19)11-7-6-10(16)9-12(11)17/h6-7,9,13H,3-5,8,17H2,1-2H3,(H,18,19). The van der Waals surface area contributed by atoms with E-state index in [1.807, 2.05) is 0 Å². The Labute approximate surface area is 119 Å². The number of anilines is 1. The van der Waals surface area contributed by atoms with Gasteiger partial charge in [-0.05, 0) is 36.5 Å². The van der Waals surface area contributed by atoms with Crippen molar-refractivity contribution in [2.45, 2.75) is 45.6 Å². The fraction of sp³-hybridized carbons (Fsp3) is 0.533. The average molecular weight is 281 g/mol. The predicted molar refractivity (Wildman–Crippen MR) is 79.4 cm³/mol. The molecule has 0 heterocycles. The third-order valence-corrected chi connectivity index (χ3v) is 4.31. The van der Waals surface area contributed by atoms with E-state index in [1.54, 1.807) is 18.2 Å². The molecule has 0 spiro atoms. The summed E-state index contributed by atoms with van der Waals surface area (Å²) in [5.41, 5.74) is 6.93. The Morgan fingerprint density at radius 2 is 2.16 bits per heavy atom. The molecule has 0 radical (unpaired) electrons. The van der Waals surface area contributed by atoms with Gasteiger partial charge in [0.1, 0.15) is 0 Å². The summed E-state index contributed by atoms with van der Waals surface area (Å²) in [5.74, 6) is -0.103. The minimum Gasteiger partial charge on any atom is -0.398 e. The fourth-order valence-electron chi connectivity index (χ4n) is 2.74. The van der Waals surface area contributed by atoms with E-state index in [0.717, 1.165) is 12.8 Å². The molecule has 0 aliphatic heterocycles. The van der Waals surface area contributed by atoms with Crippen LogP contribution in [-0.4, -0.2) is 11.9 Å². The van der Waals surface area contributed by atoms with E-state index in [-0.39, 0.29) is 17.4 Å². The van der Waals surface area contributed by atoms with Gasteiger partial charge in [-0.1, -0.05) is 38.3 Å². The van der Waals surface area contributed by atoms with Gasteiger partial charge in [0, 0.05) is 16.8 Å². The van der Waals surface area contributed by atoms with Gasteiger partial charge in [-0.15, -0.1) is 0 Å². The van der Waals surface area contributed by atoms with Gasteiger partial charge >= 0.3 is 0 Å². The minimum atomic E-state index is -0.103. The average Bonchev–Trinajstić information content (AvgIpc) is 2.31. The highest BCUT2D eigenvalue weighted by Gasteiger charge is 2.33. The van der Waals surface area contributed by atoms with E-state index in [4.69, 9.17) is 17.3 Å². The molecule has 0 bridgehead atoms. The van der Waals surface area contributed by atoms with E-state index < -0.39 is 0 Å². The highest BCUT2D eigenvalue weighted by molar-refractivity contribution is 6.31. The Morgan fingerprint density at radius 1 is 1.42 bits per heavy atom. The number of benzene rings is 1. The lowest BCUT2D eigenvalue weighted by Gasteiger charge is -2.39. The minimum absolute atomic E-state index is 0.103. The number of carbonyl (C=O) groups excluding carboxylic acids is 1. The molecule has 1 aliphatic carbocycles. The van der Waals surface area contributed by atoms with Crippen LogP contribution >= 0.6 is 11.6 Å². The molecule has 1 aromatic carbocycles. The summed E-state index contributed by atoms with van der Waals surface area (Å²) in [6, 6.07) is 5.20. The van der Waals surface area contributed by atoms with Crippen molar-refractivity contribution in [2.75, 3.05) is 5.73 Å². The lowest BCUT2D eigenvalue weighted by atomic mass is 9.73. The number of carbonyl (C=O) groups is 1. The number of amides is 1. The Kier molecular flexibility index (Phi) is 4.04. The smallest absolute Gasteiger partial charge is 0.253 e. The molecule has 1 atom stereocenters. The van der Waals surface area contributed by atoms with Gasteiger partial charge in [0.05, 0.1) is 5.56 Å². The van der Waals surface area contributed by atoms with E-state index >= 15 is 0 Å². The number of hydrogen-bond donors (Lipinski definition) is 2. The molecule has 1 amide bonds. The summed E-state index contributed by atoms with van der Waals surface area (Å²) in [7, 11) is 0. The first-order valence-electron chi connectivity index (χ1n) is 6.76. The summed E-state index contributed by atoms with van der Waals surface area (Å²) in [4.78, 5) is 12.3. The van der Waals surface area contributed by atoms with Crippen LogP contribution in [0.2, 0.25) is 5.02 Å². The maximum absolute atomic E-state index is 12.3. The van der Waals surface area contributed by atoms with Crippen LogP contribution in [0, 0.1) is 5.41 Å². The van der Waals surface area contributed by atoms with Gasteiger partial charge in [0.2, 0.25) is 0 Å². The molecular formula is C15H21ClN2O. The molecule has 1 aromatic rings. The van der Waals surface area contributed by atoms with Crippen molar-refractivity contribution in [3.8, 4) is 0 Å². The second kappa shape index (κ2) is 5.41. The van der Waals surface area contributed by atoms with Gasteiger partial charge in [0.15, 0.2) is 0 Å². The highest BCUT2D eigenvalue weighted by Crippen LogP contribution is 2.35. The van der Waals surface area contributed by atoms with Gasteiger partial charge in [-0.2, -0.15) is 0 Å². The lowest BCUT2D eigenvalue weighted by Crippen LogP contribution is -2.46. The topological polar surface area (TPSA) is 55.1 Å². The molecule has 1 fully saturated rings. The number of rotatable bonds is 2. The molecule has 104 valence electrons. The van der Waals surface area contributed by atoms with Crippen molar-refractivity contribution >= 4 is 23.2 Å². The monoisotopic (exact) mass is 280 g/mol. The Bertz CT molecular complexity index is 485. The van der Waals surface area contributed by atoms with Crippen molar-refractivity contribution in [1.29, 1.82) is 0 Å². The molecule has 1 saturated carbocycles. The highest BCUT2D eigenvalue weighted by atomic mass is 35.5. The van der Waals surface area contributed by atoms with Crippen molar-refractivity contribution in [2.24, 2.45) is 5.41 Å². The molecule has 0 saturated heterocycles. The first-order chi connectivity index (χ1) is 8.90. The van der Waals surface area contributed by atoms with Crippen LogP contribution < -0.4 is 11.1 Å². The Balaban J connectivity index is 2.12. The van der Waals surface area contributed by atoms with Crippen molar-refractivity contribution in [1.82, 2.24) is 5.32 Å². The quantitative estimate of drug-likeness (QED) is 0.813. The molecule has 3 nitrogen and oxygen atoms in total. The third-order valence-electron chi connectivity index (χ3n) is 4.07. The Morgan fingerprint density at radius 3 is 2.79 bits per heavy atom. The summed E-state index contributed by atoms with van der Waals surface area (Å²) in [5, 5.41) is 3.67. The van der Waals surface area contributed by atoms with Crippen LogP contribution in [0.4, 0.5) is 5.69 Å². The van der Waals surface area contributed by atoms with E-state index in [0.29, 0.717) is 16.3 Å². The maximum Gasteiger partial charge on any atom is 0.253 e. The van der Waals surface area contributed by atoms with Gasteiger partial charge in [-0.3, -0.25) is 4.79 Å². The van der Waals surface area contributed by atoms with Crippen LogP contribution in [-0.2, 0) is 0 Å². The SMILES string of the molecule is CC1(C)CCCCC1NC(=O)c1ccc(Cl)cc1N. The number of nitrogens with two attached hydrogens (primary N) is 1. The normalized spacial score (nSPS) is 21.9. The Hall–Kier alpha value is -1.22. The second-order valence-electron chi connectivity index (χ2n) is 5.99. The molecule has 1 unspecified atom stereocenters. The van der Waals surface area contributed by atoms with Crippen LogP contribution in [0.15, 0.2) is 18.2 Å². The number of hydrogen-bond acceptors (Lipinski definition) is 2. The van der Waals surface area contributed by atoms with Gasteiger partial charge in [-0.25, -0.2) is 0 Å². The summed E-state index contributed by atoms with van der Waals surface area (Å²) in [6.45, 7) is 4.42. The van der Waals surface area contributed by atoms with E-state index in [1.165, 1.54) is 12.8 Å². The second-order valence-corrected chi connectivity index (χ2v) is 6.43. The first-order valence-corrected chi connectivity index (χ1v) is 7.14. The van der Waals surface area contributed by atoms with Gasteiger partial charge < -0.3 is 11.1 Å². The molecule has 19 heavy (non-hydrogen) atoms. The number of halogens is 1. The zero-order valence-corrected chi connectivity index (χ0v) is 12.3. The molecule has 4 heteroatoms. The summed E-state index contributed by atoms with van der Waals surface area (Å²) in [6.07, 6.45) is 4.59.